The molecule has 3 rings (SSSR count). The molecule has 0 amide bonds. The zero-order valence-electron chi connectivity index (χ0n) is 8.48. The fraction of sp³-hybridized carbons (Fsp3) is 0. The molecular formula is C11H6FN3OS. The quantitative estimate of drug-likeness (QED) is 0.708. The first kappa shape index (κ1) is 10.1. The van der Waals surface area contributed by atoms with Gasteiger partial charge in [-0.2, -0.15) is 5.10 Å². The normalized spacial score (nSPS) is 10.9. The molecule has 84 valence electrons. The molecule has 2 aromatic heterocycles. The third-order valence-electron chi connectivity index (χ3n) is 2.40. The second-order valence-corrected chi connectivity index (χ2v) is 4.34. The van der Waals surface area contributed by atoms with E-state index in [1.165, 1.54) is 17.4 Å². The van der Waals surface area contributed by atoms with E-state index in [4.69, 9.17) is 0 Å². The number of nitrogens with zero attached hydrogens (tertiary/aromatic N) is 2. The maximum absolute atomic E-state index is 13.8. The van der Waals surface area contributed by atoms with Crippen molar-refractivity contribution in [3.8, 4) is 10.6 Å². The van der Waals surface area contributed by atoms with Crippen molar-refractivity contribution < 1.29 is 9.18 Å². The van der Waals surface area contributed by atoms with Crippen LogP contribution in [0, 0.1) is 5.82 Å². The van der Waals surface area contributed by atoms with Gasteiger partial charge in [0.1, 0.15) is 16.5 Å². The smallest absolute Gasteiger partial charge is 0.169 e. The van der Waals surface area contributed by atoms with Gasteiger partial charge < -0.3 is 0 Å². The number of carbonyl (C=O) groups excluding carboxylic acids is 1. The van der Waals surface area contributed by atoms with Crippen molar-refractivity contribution in [2.75, 3.05) is 0 Å². The lowest BCUT2D eigenvalue weighted by Gasteiger charge is -1.98. The van der Waals surface area contributed by atoms with Crippen molar-refractivity contribution >= 4 is 28.5 Å². The molecule has 1 aromatic carbocycles. The summed E-state index contributed by atoms with van der Waals surface area (Å²) in [4.78, 5) is 14.6. The predicted molar refractivity (Wildman–Crippen MR) is 62.5 cm³/mol. The molecule has 0 radical (unpaired) electrons. The van der Waals surface area contributed by atoms with Gasteiger partial charge in [-0.1, -0.05) is 0 Å². The number of fused-ring (bicyclic) bond motifs is 1. The molecule has 0 atom stereocenters. The Morgan fingerprint density at radius 3 is 3.06 bits per heavy atom. The minimum absolute atomic E-state index is 0.314. The van der Waals surface area contributed by atoms with Gasteiger partial charge in [-0.15, -0.1) is 11.3 Å². The number of nitrogens with one attached hydrogen (secondary N) is 1. The lowest BCUT2D eigenvalue weighted by molar-refractivity contribution is 0.111. The van der Waals surface area contributed by atoms with E-state index in [-0.39, 0.29) is 5.82 Å². The number of carbonyl (C=O) groups is 1. The van der Waals surface area contributed by atoms with Crippen LogP contribution in [0.15, 0.2) is 23.7 Å². The number of aldehydes is 1. The van der Waals surface area contributed by atoms with Crippen molar-refractivity contribution in [3.63, 3.8) is 0 Å². The zero-order valence-corrected chi connectivity index (χ0v) is 9.29. The lowest BCUT2D eigenvalue weighted by atomic mass is 10.1. The van der Waals surface area contributed by atoms with Crippen molar-refractivity contribution in [2.24, 2.45) is 0 Å². The minimum atomic E-state index is -0.370. The summed E-state index contributed by atoms with van der Waals surface area (Å²) < 4.78 is 13.8. The highest BCUT2D eigenvalue weighted by Gasteiger charge is 2.11. The van der Waals surface area contributed by atoms with E-state index >= 15 is 0 Å². The van der Waals surface area contributed by atoms with Gasteiger partial charge in [0.15, 0.2) is 6.29 Å². The standard InChI is InChI=1S/C11H6FN3OS/c12-9-1-6-3-13-15-10(6)2-8(9)11-14-7(4-16)5-17-11/h1-5H,(H,13,15). The average Bonchev–Trinajstić information content (AvgIpc) is 2.94. The van der Waals surface area contributed by atoms with Crippen molar-refractivity contribution in [3.05, 3.63) is 35.2 Å². The Morgan fingerprint density at radius 2 is 2.29 bits per heavy atom. The Labute approximate surface area is 99.1 Å². The van der Waals surface area contributed by atoms with Gasteiger partial charge in [0.05, 0.1) is 11.7 Å². The molecule has 4 nitrogen and oxygen atoms in total. The molecule has 3 aromatic rings. The van der Waals surface area contributed by atoms with Crippen LogP contribution in [-0.4, -0.2) is 21.5 Å². The summed E-state index contributed by atoms with van der Waals surface area (Å²) in [7, 11) is 0. The van der Waals surface area contributed by atoms with Crippen molar-refractivity contribution in [1.29, 1.82) is 0 Å². The molecule has 0 saturated heterocycles. The van der Waals surface area contributed by atoms with Gasteiger partial charge in [-0.3, -0.25) is 9.89 Å². The summed E-state index contributed by atoms with van der Waals surface area (Å²) >= 11 is 1.24. The van der Waals surface area contributed by atoms with E-state index in [1.807, 2.05) is 0 Å². The van der Waals surface area contributed by atoms with E-state index in [9.17, 15) is 9.18 Å². The SMILES string of the molecule is O=Cc1csc(-c2cc3[nH]ncc3cc2F)n1. The van der Waals surface area contributed by atoms with Gasteiger partial charge in [-0.25, -0.2) is 9.37 Å². The van der Waals surface area contributed by atoms with E-state index in [0.29, 0.717) is 27.9 Å². The zero-order chi connectivity index (χ0) is 11.8. The summed E-state index contributed by atoms with van der Waals surface area (Å²) in [6, 6.07) is 3.04. The van der Waals surface area contributed by atoms with Crippen LogP contribution in [0.3, 0.4) is 0 Å². The number of benzene rings is 1. The third kappa shape index (κ3) is 1.62. The summed E-state index contributed by atoms with van der Waals surface area (Å²) in [5.41, 5.74) is 1.43. The molecule has 2 heterocycles. The molecule has 1 N–H and O–H groups in total. The molecule has 17 heavy (non-hydrogen) atoms. The summed E-state index contributed by atoms with van der Waals surface area (Å²) in [6.45, 7) is 0. The van der Waals surface area contributed by atoms with Gasteiger partial charge in [0.25, 0.3) is 0 Å². The van der Waals surface area contributed by atoms with E-state index in [2.05, 4.69) is 15.2 Å². The molecule has 0 fully saturated rings. The number of halogens is 1. The molecule has 0 unspecified atom stereocenters. The monoisotopic (exact) mass is 247 g/mol. The predicted octanol–water partition coefficient (Wildman–Crippen LogP) is 2.64. The molecule has 0 spiro atoms. The Hall–Kier alpha value is -2.08. The Kier molecular flexibility index (Phi) is 2.22. The maximum Gasteiger partial charge on any atom is 0.169 e. The second-order valence-electron chi connectivity index (χ2n) is 3.48. The summed E-state index contributed by atoms with van der Waals surface area (Å²) in [5, 5.41) is 9.39. The van der Waals surface area contributed by atoms with Crippen LogP contribution in [0.25, 0.3) is 21.5 Å². The number of thiazole rings is 1. The third-order valence-corrected chi connectivity index (χ3v) is 3.29. The summed E-state index contributed by atoms with van der Waals surface area (Å²) in [6.07, 6.45) is 2.20. The van der Waals surface area contributed by atoms with Crippen LogP contribution >= 0.6 is 11.3 Å². The highest BCUT2D eigenvalue weighted by Crippen LogP contribution is 2.28. The van der Waals surface area contributed by atoms with Crippen LogP contribution in [-0.2, 0) is 0 Å². The van der Waals surface area contributed by atoms with Crippen LogP contribution < -0.4 is 0 Å². The van der Waals surface area contributed by atoms with Gasteiger partial charge >= 0.3 is 0 Å². The molecule has 0 saturated carbocycles. The van der Waals surface area contributed by atoms with Gasteiger partial charge in [-0.05, 0) is 12.1 Å². The average molecular weight is 247 g/mol. The molecule has 0 aliphatic heterocycles. The van der Waals surface area contributed by atoms with Crippen molar-refractivity contribution in [1.82, 2.24) is 15.2 Å². The largest absolute Gasteiger partial charge is 0.296 e. The number of hydrogen-bond acceptors (Lipinski definition) is 4. The highest BCUT2D eigenvalue weighted by atomic mass is 32.1. The molecule has 0 bridgehead atoms. The van der Waals surface area contributed by atoms with Crippen molar-refractivity contribution in [2.45, 2.75) is 0 Å². The van der Waals surface area contributed by atoms with Crippen LogP contribution in [0.4, 0.5) is 4.39 Å². The number of aromatic nitrogens is 3. The molecule has 0 aliphatic rings. The first-order chi connectivity index (χ1) is 8.28. The topological polar surface area (TPSA) is 58.6 Å². The van der Waals surface area contributed by atoms with Crippen LogP contribution in [0.2, 0.25) is 0 Å². The molecule has 0 aliphatic carbocycles. The summed E-state index contributed by atoms with van der Waals surface area (Å²) in [5.74, 6) is -0.370. The fourth-order valence-electron chi connectivity index (χ4n) is 1.59. The highest BCUT2D eigenvalue weighted by molar-refractivity contribution is 7.13. The Morgan fingerprint density at radius 1 is 1.41 bits per heavy atom. The molecular weight excluding hydrogens is 241 g/mol. The van der Waals surface area contributed by atoms with E-state index < -0.39 is 0 Å². The number of aromatic amines is 1. The van der Waals surface area contributed by atoms with E-state index in [1.54, 1.807) is 17.6 Å². The number of rotatable bonds is 2. The first-order valence-corrected chi connectivity index (χ1v) is 5.69. The van der Waals surface area contributed by atoms with Gasteiger partial charge in [0, 0.05) is 16.3 Å². The van der Waals surface area contributed by atoms with Gasteiger partial charge in [0.2, 0.25) is 0 Å². The maximum atomic E-state index is 13.8. The van der Waals surface area contributed by atoms with Crippen LogP contribution in [0.1, 0.15) is 10.5 Å². The Bertz CT molecular complexity index is 704. The lowest BCUT2D eigenvalue weighted by Crippen LogP contribution is -1.85. The Balaban J connectivity index is 2.21. The van der Waals surface area contributed by atoms with Crippen LogP contribution in [0.5, 0.6) is 0 Å². The minimum Gasteiger partial charge on any atom is -0.296 e. The van der Waals surface area contributed by atoms with E-state index in [0.717, 1.165) is 5.52 Å². The molecule has 6 heteroatoms. The number of H-pyrrole nitrogens is 1. The number of hydrogen-bond donors (Lipinski definition) is 1. The first-order valence-electron chi connectivity index (χ1n) is 4.81. The fourth-order valence-corrected chi connectivity index (χ4v) is 2.37. The second kappa shape index (κ2) is 3.74.